The third kappa shape index (κ3) is 5.77. The zero-order valence-corrected chi connectivity index (χ0v) is 22.3. The van der Waals surface area contributed by atoms with Gasteiger partial charge in [-0.3, -0.25) is 9.59 Å². The van der Waals surface area contributed by atoms with Gasteiger partial charge in [0.2, 0.25) is 5.70 Å². The molecule has 1 heterocycles. The van der Waals surface area contributed by atoms with E-state index in [1.54, 1.807) is 25.2 Å². The van der Waals surface area contributed by atoms with Gasteiger partial charge in [-0.25, -0.2) is 4.21 Å². The van der Waals surface area contributed by atoms with Crippen molar-refractivity contribution >= 4 is 50.8 Å². The van der Waals surface area contributed by atoms with Crippen molar-refractivity contribution in [2.75, 3.05) is 30.5 Å². The van der Waals surface area contributed by atoms with Gasteiger partial charge in [-0.05, 0) is 47.7 Å². The summed E-state index contributed by atoms with van der Waals surface area (Å²) in [4.78, 5) is 24.8. The summed E-state index contributed by atoms with van der Waals surface area (Å²) in [7, 11) is 1.88. The number of ether oxygens (including phenoxy) is 1. The number of allylic oxidation sites excluding steroid dienone is 1. The van der Waals surface area contributed by atoms with Crippen LogP contribution < -0.4 is 19.4 Å². The molecule has 0 aromatic heterocycles. The Morgan fingerprint density at radius 2 is 1.80 bits per heavy atom. The summed E-state index contributed by atoms with van der Waals surface area (Å²) in [5, 5.41) is 10.3. The van der Waals surface area contributed by atoms with E-state index in [9.17, 15) is 13.8 Å². The molecule has 1 amide bonds. The van der Waals surface area contributed by atoms with Crippen LogP contribution in [0.1, 0.15) is 42.3 Å². The zero-order valence-electron chi connectivity index (χ0n) is 20.7. The highest BCUT2D eigenvalue weighted by molar-refractivity contribution is 7.85. The second-order valence-electron chi connectivity index (χ2n) is 9.37. The standard InChI is InChI=1S/C24H28ClN5O4S/c1-14-8-9-15(10-20(14)30(5)13-19(22(25)31)27-29-30)23(32)26-17-11-16(24(2,3)4)12-18(21(17)34-6)28-35(7)33/h8-13,28H,1-7H3/p+1. The predicted octanol–water partition coefficient (Wildman–Crippen LogP) is 5.18. The molecule has 2 aromatic carbocycles. The average Bonchev–Trinajstić information content (AvgIpc) is 3.16. The van der Waals surface area contributed by atoms with Crippen LogP contribution in [0.2, 0.25) is 0 Å². The fourth-order valence-corrected chi connectivity index (χ4v) is 4.22. The van der Waals surface area contributed by atoms with E-state index in [2.05, 4.69) is 20.4 Å². The number of amides is 1. The normalized spacial score (nSPS) is 18.1. The van der Waals surface area contributed by atoms with E-state index in [4.69, 9.17) is 16.3 Å². The number of halogens is 1. The molecule has 2 aromatic rings. The lowest BCUT2D eigenvalue weighted by atomic mass is 9.86. The molecule has 0 saturated carbocycles. The van der Waals surface area contributed by atoms with Crippen LogP contribution in [-0.2, 0) is 21.2 Å². The van der Waals surface area contributed by atoms with Gasteiger partial charge in [0.05, 0.1) is 18.5 Å². The van der Waals surface area contributed by atoms with Crippen molar-refractivity contribution < 1.29 is 18.5 Å². The lowest BCUT2D eigenvalue weighted by molar-refractivity contribution is -0.108. The fraction of sp³-hybridized carbons (Fsp3) is 0.333. The zero-order chi connectivity index (χ0) is 26.1. The number of rotatable bonds is 7. The number of carbonyl (C=O) groups excluding carboxylic acids is 2. The summed E-state index contributed by atoms with van der Waals surface area (Å²) in [6, 6.07) is 8.91. The van der Waals surface area contributed by atoms with Gasteiger partial charge in [-0.2, -0.15) is 0 Å². The molecule has 0 bridgehead atoms. The van der Waals surface area contributed by atoms with E-state index < -0.39 is 16.2 Å². The van der Waals surface area contributed by atoms with Crippen molar-refractivity contribution in [2.45, 2.75) is 33.1 Å². The Bertz CT molecular complexity index is 1290. The number of hydrogen-bond acceptors (Lipinski definition) is 6. The number of methoxy groups -OCH3 is 1. The van der Waals surface area contributed by atoms with Crippen LogP contribution in [0.15, 0.2) is 52.6 Å². The Morgan fingerprint density at radius 1 is 1.14 bits per heavy atom. The summed E-state index contributed by atoms with van der Waals surface area (Å²) in [5.74, 6) is -0.00559. The maximum Gasteiger partial charge on any atom is 0.278 e. The molecule has 1 aliphatic heterocycles. The predicted molar refractivity (Wildman–Crippen MR) is 140 cm³/mol. The molecule has 2 N–H and O–H groups in total. The number of benzene rings is 2. The first-order valence-corrected chi connectivity index (χ1v) is 12.7. The SMILES string of the molecule is COc1c(NC(=O)c2ccc(C)c([N+]3(C)C=C(C(=O)Cl)N=N3)c2)cc(C(C)(C)C)cc1NS(C)=O. The van der Waals surface area contributed by atoms with E-state index in [0.29, 0.717) is 28.4 Å². The monoisotopic (exact) mass is 518 g/mol. The second kappa shape index (κ2) is 9.88. The lowest BCUT2D eigenvalue weighted by Crippen LogP contribution is -2.31. The minimum Gasteiger partial charge on any atom is -0.492 e. The summed E-state index contributed by atoms with van der Waals surface area (Å²) in [6.45, 7) is 8.01. The Balaban J connectivity index is 2.03. The fourth-order valence-electron chi connectivity index (χ4n) is 3.68. The first kappa shape index (κ1) is 26.5. The highest BCUT2D eigenvalue weighted by atomic mass is 35.5. The third-order valence-corrected chi connectivity index (χ3v) is 6.23. The Morgan fingerprint density at radius 3 is 2.34 bits per heavy atom. The molecule has 0 saturated heterocycles. The number of anilines is 2. The Labute approximate surface area is 212 Å². The van der Waals surface area contributed by atoms with Gasteiger partial charge < -0.3 is 14.8 Å². The van der Waals surface area contributed by atoms with Crippen molar-refractivity contribution in [3.63, 3.8) is 0 Å². The van der Waals surface area contributed by atoms with Gasteiger partial charge in [-0.15, -0.1) is 4.59 Å². The molecular weight excluding hydrogens is 490 g/mol. The summed E-state index contributed by atoms with van der Waals surface area (Å²) >= 11 is 5.56. The summed E-state index contributed by atoms with van der Waals surface area (Å²) < 4.78 is 20.2. The van der Waals surface area contributed by atoms with Crippen LogP contribution in [-0.4, -0.2) is 35.8 Å². The molecule has 2 unspecified atom stereocenters. The minimum absolute atomic E-state index is 0.0421. The molecule has 2 atom stereocenters. The van der Waals surface area contributed by atoms with Crippen molar-refractivity contribution in [2.24, 2.45) is 10.3 Å². The largest absolute Gasteiger partial charge is 0.492 e. The molecule has 0 aliphatic carbocycles. The maximum atomic E-state index is 13.3. The average molecular weight is 519 g/mol. The minimum atomic E-state index is -1.34. The van der Waals surface area contributed by atoms with Gasteiger partial charge in [-0.1, -0.05) is 32.0 Å². The van der Waals surface area contributed by atoms with Crippen molar-refractivity contribution in [1.29, 1.82) is 0 Å². The van der Waals surface area contributed by atoms with Crippen LogP contribution >= 0.6 is 11.6 Å². The molecule has 0 spiro atoms. The Hall–Kier alpha value is -3.08. The molecular formula is C24H29ClN5O4S+. The number of nitrogens with zero attached hydrogens (tertiary/aromatic N) is 3. The molecule has 35 heavy (non-hydrogen) atoms. The number of hydrogen-bond donors (Lipinski definition) is 2. The van der Waals surface area contributed by atoms with Gasteiger partial charge >= 0.3 is 0 Å². The highest BCUT2D eigenvalue weighted by Gasteiger charge is 2.34. The van der Waals surface area contributed by atoms with Gasteiger partial charge in [0, 0.05) is 28.7 Å². The first-order chi connectivity index (χ1) is 16.2. The molecule has 3 rings (SSSR count). The first-order valence-electron chi connectivity index (χ1n) is 10.7. The van der Waals surface area contributed by atoms with E-state index >= 15 is 0 Å². The van der Waals surface area contributed by atoms with Crippen LogP contribution in [0.5, 0.6) is 5.75 Å². The van der Waals surface area contributed by atoms with Crippen molar-refractivity contribution in [3.05, 3.63) is 58.9 Å². The van der Waals surface area contributed by atoms with Crippen molar-refractivity contribution in [3.8, 4) is 5.75 Å². The van der Waals surface area contributed by atoms with Gasteiger partial charge in [0.15, 0.2) is 17.6 Å². The summed E-state index contributed by atoms with van der Waals surface area (Å²) in [6.07, 6.45) is 3.05. The van der Waals surface area contributed by atoms with Crippen LogP contribution in [0.3, 0.4) is 0 Å². The highest BCUT2D eigenvalue weighted by Crippen LogP contribution is 2.39. The van der Waals surface area contributed by atoms with Crippen LogP contribution in [0, 0.1) is 6.92 Å². The smallest absolute Gasteiger partial charge is 0.278 e. The molecule has 9 nitrogen and oxygen atoms in total. The number of carbonyl (C=O) groups is 2. The molecule has 0 fully saturated rings. The maximum absolute atomic E-state index is 13.3. The second-order valence-corrected chi connectivity index (χ2v) is 10.8. The number of quaternary nitrogens is 1. The van der Waals surface area contributed by atoms with E-state index in [1.807, 2.05) is 39.8 Å². The molecule has 186 valence electrons. The molecule has 0 radical (unpaired) electrons. The number of aryl methyl sites for hydroxylation is 1. The van der Waals surface area contributed by atoms with E-state index in [1.165, 1.54) is 19.6 Å². The Kier molecular flexibility index (Phi) is 7.49. The van der Waals surface area contributed by atoms with Gasteiger partial charge in [0.25, 0.3) is 11.1 Å². The van der Waals surface area contributed by atoms with E-state index in [-0.39, 0.29) is 21.6 Å². The lowest BCUT2D eigenvalue weighted by Gasteiger charge is -2.24. The molecule has 11 heteroatoms. The van der Waals surface area contributed by atoms with Crippen molar-refractivity contribution in [1.82, 2.24) is 4.59 Å². The number of nitrogens with one attached hydrogen (secondary N) is 2. The molecule has 1 aliphatic rings. The van der Waals surface area contributed by atoms with E-state index in [0.717, 1.165) is 11.1 Å². The quantitative estimate of drug-likeness (QED) is 0.388. The van der Waals surface area contributed by atoms with Crippen LogP contribution in [0.25, 0.3) is 0 Å². The van der Waals surface area contributed by atoms with Crippen LogP contribution in [0.4, 0.5) is 17.1 Å². The topological polar surface area (TPSA) is 109 Å². The summed E-state index contributed by atoms with van der Waals surface area (Å²) in [5.41, 5.74) is 3.57. The third-order valence-electron chi connectivity index (χ3n) is 5.53. The van der Waals surface area contributed by atoms with Gasteiger partial charge in [0.1, 0.15) is 18.0 Å².